The Hall–Kier alpha value is -0.570. The fourth-order valence-electron chi connectivity index (χ4n) is 5.03. The maximum absolute atomic E-state index is 12.1. The summed E-state index contributed by atoms with van der Waals surface area (Å²) in [4.78, 5) is 14.6. The molecule has 0 spiro atoms. The summed E-state index contributed by atoms with van der Waals surface area (Å²) >= 11 is 0. The van der Waals surface area contributed by atoms with Crippen LogP contribution in [-0.4, -0.2) is 37.1 Å². The van der Waals surface area contributed by atoms with E-state index in [4.69, 9.17) is 4.74 Å². The summed E-state index contributed by atoms with van der Waals surface area (Å²) in [5, 5.41) is 0. The van der Waals surface area contributed by atoms with Gasteiger partial charge in [0.25, 0.3) is 0 Å². The maximum atomic E-state index is 12.1. The summed E-state index contributed by atoms with van der Waals surface area (Å²) in [6.45, 7) is 6.62. The maximum Gasteiger partial charge on any atom is 0.323 e. The zero-order valence-electron chi connectivity index (χ0n) is 12.5. The summed E-state index contributed by atoms with van der Waals surface area (Å²) in [7, 11) is 1.53. The van der Waals surface area contributed by atoms with Crippen LogP contribution in [0.3, 0.4) is 0 Å². The summed E-state index contributed by atoms with van der Waals surface area (Å²) in [6.07, 6.45) is 5.38. The van der Waals surface area contributed by atoms with Crippen molar-refractivity contribution in [2.24, 2.45) is 29.6 Å². The Morgan fingerprint density at radius 1 is 1.26 bits per heavy atom. The zero-order chi connectivity index (χ0) is 13.6. The number of rotatable bonds is 4. The van der Waals surface area contributed by atoms with E-state index in [2.05, 4.69) is 18.7 Å². The van der Waals surface area contributed by atoms with Gasteiger partial charge in [0, 0.05) is 13.1 Å². The zero-order valence-corrected chi connectivity index (χ0v) is 12.5. The molecule has 1 aliphatic heterocycles. The first-order chi connectivity index (χ1) is 9.15. The van der Waals surface area contributed by atoms with E-state index in [-0.39, 0.29) is 12.0 Å². The van der Waals surface area contributed by atoms with Gasteiger partial charge in [0.05, 0.1) is 7.11 Å². The van der Waals surface area contributed by atoms with Crippen molar-refractivity contribution in [3.05, 3.63) is 0 Å². The fraction of sp³-hybridized carbons (Fsp3) is 0.938. The molecule has 2 bridgehead atoms. The molecule has 2 aliphatic carbocycles. The van der Waals surface area contributed by atoms with Crippen LogP contribution in [0.1, 0.15) is 39.5 Å². The van der Waals surface area contributed by atoms with Crippen LogP contribution in [0.2, 0.25) is 0 Å². The second kappa shape index (κ2) is 5.08. The second-order valence-electron chi connectivity index (χ2n) is 6.97. The average Bonchev–Trinajstić information content (AvgIpc) is 3.10. The van der Waals surface area contributed by atoms with Gasteiger partial charge >= 0.3 is 5.97 Å². The van der Waals surface area contributed by atoms with Crippen molar-refractivity contribution in [1.29, 1.82) is 0 Å². The van der Waals surface area contributed by atoms with E-state index < -0.39 is 0 Å². The molecule has 108 valence electrons. The minimum absolute atomic E-state index is 0.0139. The number of carbonyl (C=O) groups is 1. The predicted octanol–water partition coefficient (Wildman–Crippen LogP) is 2.55. The number of likely N-dealkylation sites (tertiary alicyclic amines) is 1. The lowest BCUT2D eigenvalue weighted by atomic mass is 9.82. The van der Waals surface area contributed by atoms with Gasteiger partial charge in [0.15, 0.2) is 0 Å². The Morgan fingerprint density at radius 2 is 1.84 bits per heavy atom. The minimum atomic E-state index is -0.0262. The Morgan fingerprint density at radius 3 is 2.32 bits per heavy atom. The van der Waals surface area contributed by atoms with Crippen molar-refractivity contribution in [3.63, 3.8) is 0 Å². The molecular formula is C16H27NO2. The highest BCUT2D eigenvalue weighted by Gasteiger charge is 2.53. The number of nitrogens with zero attached hydrogens (tertiary/aromatic N) is 1. The fourth-order valence-corrected chi connectivity index (χ4v) is 5.03. The highest BCUT2D eigenvalue weighted by Crippen LogP contribution is 2.55. The lowest BCUT2D eigenvalue weighted by Gasteiger charge is -2.30. The second-order valence-corrected chi connectivity index (χ2v) is 6.97. The van der Waals surface area contributed by atoms with Crippen molar-refractivity contribution in [2.75, 3.05) is 20.2 Å². The van der Waals surface area contributed by atoms with E-state index in [0.717, 1.165) is 43.2 Å². The molecule has 3 nitrogen and oxygen atoms in total. The van der Waals surface area contributed by atoms with E-state index in [0.29, 0.717) is 5.92 Å². The van der Waals surface area contributed by atoms with Crippen LogP contribution in [0.25, 0.3) is 0 Å². The van der Waals surface area contributed by atoms with Gasteiger partial charge in [-0.3, -0.25) is 9.69 Å². The molecule has 0 amide bonds. The Labute approximate surface area is 116 Å². The molecule has 3 rings (SSSR count). The van der Waals surface area contributed by atoms with Crippen LogP contribution >= 0.6 is 0 Å². The van der Waals surface area contributed by atoms with Gasteiger partial charge in [-0.15, -0.1) is 0 Å². The smallest absolute Gasteiger partial charge is 0.323 e. The molecule has 0 aromatic rings. The first kappa shape index (κ1) is 13.4. The third kappa shape index (κ3) is 2.10. The number of methoxy groups -OCH3 is 1. The lowest BCUT2D eigenvalue weighted by Crippen LogP contribution is -2.45. The van der Waals surface area contributed by atoms with Gasteiger partial charge in [0.1, 0.15) is 6.04 Å². The van der Waals surface area contributed by atoms with E-state index in [1.807, 2.05) is 0 Å². The Balaban J connectivity index is 1.73. The molecule has 3 heteroatoms. The Kier molecular flexibility index (Phi) is 3.59. The van der Waals surface area contributed by atoms with E-state index in [1.165, 1.54) is 26.4 Å². The largest absolute Gasteiger partial charge is 0.468 e. The van der Waals surface area contributed by atoms with Gasteiger partial charge in [-0.1, -0.05) is 20.3 Å². The molecule has 3 aliphatic rings. The number of hydrogen-bond donors (Lipinski definition) is 0. The van der Waals surface area contributed by atoms with Crippen LogP contribution in [0.4, 0.5) is 0 Å². The quantitative estimate of drug-likeness (QED) is 0.732. The molecule has 0 unspecified atom stereocenters. The van der Waals surface area contributed by atoms with Gasteiger partial charge in [-0.2, -0.15) is 0 Å². The van der Waals surface area contributed by atoms with E-state index in [1.54, 1.807) is 0 Å². The number of ether oxygens (including phenoxy) is 1. The van der Waals surface area contributed by atoms with Crippen LogP contribution in [0, 0.1) is 29.6 Å². The number of fused-ring (bicyclic) bond motifs is 5. The number of hydrogen-bond acceptors (Lipinski definition) is 3. The molecule has 0 aromatic carbocycles. The first-order valence-corrected chi connectivity index (χ1v) is 7.97. The molecule has 0 radical (unpaired) electrons. The topological polar surface area (TPSA) is 29.5 Å². The van der Waals surface area contributed by atoms with Gasteiger partial charge in [-0.25, -0.2) is 0 Å². The molecule has 2 saturated carbocycles. The van der Waals surface area contributed by atoms with Crippen LogP contribution in [0.15, 0.2) is 0 Å². The standard InChI is InChI=1S/C16H27NO2/c1-4-10(2)15(16(18)19-3)17-8-13-11-5-6-12(7-11)14(13)9-17/h10-15H,4-9H2,1-3H3/t10-,11-,12+,13-,14+,15-/m0/s1. The SMILES string of the molecule is CC[C@H](C)[C@@H](C(=O)OC)N1C[C@@H]2[C@@H]3CC[C@@H](C3)[C@@H]2C1. The van der Waals surface area contributed by atoms with Crippen molar-refractivity contribution >= 4 is 5.97 Å². The monoisotopic (exact) mass is 265 g/mol. The number of carbonyl (C=O) groups excluding carboxylic acids is 1. The minimum Gasteiger partial charge on any atom is -0.468 e. The van der Waals surface area contributed by atoms with Crippen molar-refractivity contribution in [2.45, 2.75) is 45.6 Å². The summed E-state index contributed by atoms with van der Waals surface area (Å²) < 4.78 is 5.06. The van der Waals surface area contributed by atoms with Gasteiger partial charge in [0.2, 0.25) is 0 Å². The molecule has 1 saturated heterocycles. The predicted molar refractivity (Wildman–Crippen MR) is 74.6 cm³/mol. The van der Waals surface area contributed by atoms with Crippen LogP contribution in [-0.2, 0) is 9.53 Å². The molecule has 0 aromatic heterocycles. The van der Waals surface area contributed by atoms with Gasteiger partial charge < -0.3 is 4.74 Å². The van der Waals surface area contributed by atoms with Crippen molar-refractivity contribution in [3.8, 4) is 0 Å². The normalized spacial score (nSPS) is 40.2. The van der Waals surface area contributed by atoms with Crippen LogP contribution < -0.4 is 0 Å². The molecule has 19 heavy (non-hydrogen) atoms. The molecule has 1 heterocycles. The highest BCUT2D eigenvalue weighted by molar-refractivity contribution is 5.76. The van der Waals surface area contributed by atoms with Gasteiger partial charge in [-0.05, 0) is 48.9 Å². The lowest BCUT2D eigenvalue weighted by molar-refractivity contribution is -0.148. The summed E-state index contributed by atoms with van der Waals surface area (Å²) in [5.41, 5.74) is 0. The van der Waals surface area contributed by atoms with E-state index in [9.17, 15) is 4.79 Å². The Bertz CT molecular complexity index is 339. The first-order valence-electron chi connectivity index (χ1n) is 7.97. The molecule has 3 fully saturated rings. The van der Waals surface area contributed by atoms with Crippen molar-refractivity contribution < 1.29 is 9.53 Å². The van der Waals surface area contributed by atoms with E-state index >= 15 is 0 Å². The molecule has 0 N–H and O–H groups in total. The summed E-state index contributed by atoms with van der Waals surface area (Å²) in [5.74, 6) is 4.01. The van der Waals surface area contributed by atoms with Crippen LogP contribution in [0.5, 0.6) is 0 Å². The molecular weight excluding hydrogens is 238 g/mol. The molecule has 6 atom stereocenters. The average molecular weight is 265 g/mol. The third-order valence-electron chi connectivity index (χ3n) is 6.18. The summed E-state index contributed by atoms with van der Waals surface area (Å²) in [6, 6.07) is -0.0139. The highest BCUT2D eigenvalue weighted by atomic mass is 16.5. The van der Waals surface area contributed by atoms with Crippen molar-refractivity contribution in [1.82, 2.24) is 4.90 Å². The number of esters is 1. The third-order valence-corrected chi connectivity index (χ3v) is 6.18.